The number of rotatable bonds is 7. The minimum Gasteiger partial charge on any atom is -0.250 e. The minimum absolute atomic E-state index is 0.135. The van der Waals surface area contributed by atoms with Crippen molar-refractivity contribution in [1.29, 1.82) is 0 Å². The smallest absolute Gasteiger partial charge is 0.241 e. The zero-order chi connectivity index (χ0) is 14.3. The maximum Gasteiger partial charge on any atom is 0.241 e. The summed E-state index contributed by atoms with van der Waals surface area (Å²) in [5.41, 5.74) is 0. The van der Waals surface area contributed by atoms with Crippen LogP contribution in [0.15, 0.2) is 67.8 Å². The topological polar surface area (TPSA) is 39.3 Å². The fourth-order valence-corrected chi connectivity index (χ4v) is 4.68. The van der Waals surface area contributed by atoms with Gasteiger partial charge in [-0.15, -0.1) is 0 Å². The Labute approximate surface area is 126 Å². The number of aromatic amines is 2. The number of hydrogen-bond donors (Lipinski definition) is 2. The molecule has 4 nitrogen and oxygen atoms in total. The van der Waals surface area contributed by atoms with E-state index in [1.165, 1.54) is 17.6 Å². The molecule has 0 amide bonds. The normalized spacial score (nSPS) is 11.1. The van der Waals surface area contributed by atoms with Crippen LogP contribution in [0, 0.1) is 0 Å². The Morgan fingerprint density at radius 1 is 0.810 bits per heavy atom. The average molecular weight is 300 g/mol. The van der Waals surface area contributed by atoms with Crippen LogP contribution in [0.3, 0.4) is 0 Å². The van der Waals surface area contributed by atoms with Gasteiger partial charge in [-0.05, 0) is 5.30 Å². The summed E-state index contributed by atoms with van der Waals surface area (Å²) in [7, 11) is -0.135. The van der Waals surface area contributed by atoms with Gasteiger partial charge in [0.25, 0.3) is 0 Å². The molecule has 3 rings (SSSR count). The lowest BCUT2D eigenvalue weighted by Crippen LogP contribution is -2.35. The van der Waals surface area contributed by atoms with Gasteiger partial charge in [0.05, 0.1) is 13.1 Å². The van der Waals surface area contributed by atoms with E-state index in [0.717, 1.165) is 13.1 Å². The molecule has 0 bridgehead atoms. The Bertz CT molecular complexity index is 581. The number of nitrogens with one attached hydrogen (secondary N) is 2. The van der Waals surface area contributed by atoms with E-state index in [2.05, 4.69) is 61.8 Å². The molecular weight excluding hydrogens is 279 g/mol. The second kappa shape index (κ2) is 7.19. The van der Waals surface area contributed by atoms with Crippen molar-refractivity contribution in [2.75, 3.05) is 12.3 Å². The first-order valence-electron chi connectivity index (χ1n) is 7.25. The van der Waals surface area contributed by atoms with Crippen molar-refractivity contribution in [2.24, 2.45) is 0 Å². The van der Waals surface area contributed by atoms with E-state index in [1.807, 2.05) is 25.0 Å². The van der Waals surface area contributed by atoms with Crippen LogP contribution in [0.1, 0.15) is 0 Å². The van der Waals surface area contributed by atoms with Crippen LogP contribution in [0.25, 0.3) is 0 Å². The molecule has 2 N–H and O–H groups in total. The van der Waals surface area contributed by atoms with E-state index >= 15 is 0 Å². The maximum absolute atomic E-state index is 3.11. The first kappa shape index (κ1) is 14.0. The van der Waals surface area contributed by atoms with Gasteiger partial charge in [-0.25, -0.2) is 9.13 Å². The van der Waals surface area contributed by atoms with E-state index in [-0.39, 0.29) is 7.92 Å². The zero-order valence-electron chi connectivity index (χ0n) is 12.0. The third-order valence-corrected chi connectivity index (χ3v) is 6.09. The molecule has 1 aromatic carbocycles. The van der Waals surface area contributed by atoms with Crippen molar-refractivity contribution in [3.05, 3.63) is 67.8 Å². The molecule has 21 heavy (non-hydrogen) atoms. The predicted molar refractivity (Wildman–Crippen MR) is 84.7 cm³/mol. The Kier molecular flexibility index (Phi) is 4.80. The molecule has 0 unspecified atom stereocenters. The van der Waals surface area contributed by atoms with E-state index in [0.29, 0.717) is 0 Å². The van der Waals surface area contributed by atoms with Crippen molar-refractivity contribution in [2.45, 2.75) is 13.1 Å². The second-order valence-corrected chi connectivity index (χ2v) is 7.51. The average Bonchev–Trinajstić information content (AvgIpc) is 3.21. The first-order chi connectivity index (χ1) is 10.4. The number of nitrogens with zero attached hydrogens (tertiary/aromatic N) is 2. The molecule has 0 fully saturated rings. The molecule has 0 spiro atoms. The summed E-state index contributed by atoms with van der Waals surface area (Å²) in [4.78, 5) is 6.22. The molecule has 2 aromatic heterocycles. The third-order valence-electron chi connectivity index (χ3n) is 3.58. The van der Waals surface area contributed by atoms with Crippen molar-refractivity contribution in [1.82, 2.24) is 9.97 Å². The lowest BCUT2D eigenvalue weighted by atomic mass is 10.4. The van der Waals surface area contributed by atoms with Crippen LogP contribution >= 0.6 is 7.92 Å². The van der Waals surface area contributed by atoms with Crippen molar-refractivity contribution in [3.63, 3.8) is 0 Å². The van der Waals surface area contributed by atoms with E-state index < -0.39 is 0 Å². The molecule has 0 aliphatic rings. The van der Waals surface area contributed by atoms with E-state index in [9.17, 15) is 0 Å². The van der Waals surface area contributed by atoms with Gasteiger partial charge in [0, 0.05) is 12.3 Å². The number of aryl methyl sites for hydroxylation is 2. The minimum atomic E-state index is -0.135. The van der Waals surface area contributed by atoms with Gasteiger partial charge in [0.1, 0.15) is 24.8 Å². The molecular formula is C16H21N4P+2. The number of H-pyrrole nitrogens is 2. The number of benzene rings is 1. The van der Waals surface area contributed by atoms with Gasteiger partial charge in [-0.3, -0.25) is 9.97 Å². The lowest BCUT2D eigenvalue weighted by molar-refractivity contribution is -0.692. The summed E-state index contributed by atoms with van der Waals surface area (Å²) in [5.74, 6) is 0. The van der Waals surface area contributed by atoms with Crippen LogP contribution in [0.2, 0.25) is 0 Å². The second-order valence-electron chi connectivity index (χ2n) is 5.02. The van der Waals surface area contributed by atoms with E-state index in [4.69, 9.17) is 0 Å². The summed E-state index contributed by atoms with van der Waals surface area (Å²) in [6, 6.07) is 10.9. The highest BCUT2D eigenvalue weighted by molar-refractivity contribution is 7.65. The van der Waals surface area contributed by atoms with Crippen LogP contribution in [-0.4, -0.2) is 22.3 Å². The van der Waals surface area contributed by atoms with Gasteiger partial charge >= 0.3 is 0 Å². The standard InChI is InChI=1S/C16H19N4P/c1-2-4-16(5-3-1)21(12-10-19-8-6-17-14-19)13-11-20-9-7-18-15-20/h1-9,14-15H,10-13H2/p+2. The van der Waals surface area contributed by atoms with Gasteiger partial charge in [0.15, 0.2) is 0 Å². The molecule has 3 aromatic rings. The molecule has 0 aliphatic heterocycles. The SMILES string of the molecule is c1ccc(P(CC[n+]2cc[nH]c2)CC[n+]2cc[nH]c2)cc1. The summed E-state index contributed by atoms with van der Waals surface area (Å²) < 4.78 is 4.45. The molecule has 0 radical (unpaired) electrons. The summed E-state index contributed by atoms with van der Waals surface area (Å²) in [6.07, 6.45) is 14.6. The van der Waals surface area contributed by atoms with Gasteiger partial charge in [-0.2, -0.15) is 0 Å². The highest BCUT2D eigenvalue weighted by atomic mass is 31.1. The Hall–Kier alpha value is -1.93. The summed E-state index contributed by atoms with van der Waals surface area (Å²) >= 11 is 0. The number of aromatic nitrogens is 4. The highest BCUT2D eigenvalue weighted by Crippen LogP contribution is 2.33. The summed E-state index contributed by atoms with van der Waals surface area (Å²) in [6.45, 7) is 2.14. The lowest BCUT2D eigenvalue weighted by Gasteiger charge is -2.16. The Morgan fingerprint density at radius 3 is 1.86 bits per heavy atom. The van der Waals surface area contributed by atoms with E-state index in [1.54, 1.807) is 0 Å². The Balaban J connectivity index is 1.65. The fourth-order valence-electron chi connectivity index (χ4n) is 2.40. The largest absolute Gasteiger partial charge is 0.250 e. The van der Waals surface area contributed by atoms with Crippen molar-refractivity contribution >= 4 is 13.2 Å². The van der Waals surface area contributed by atoms with Crippen LogP contribution in [-0.2, 0) is 13.1 Å². The molecule has 0 saturated heterocycles. The first-order valence-corrected chi connectivity index (χ1v) is 8.97. The molecule has 2 heterocycles. The zero-order valence-corrected chi connectivity index (χ0v) is 12.9. The van der Waals surface area contributed by atoms with Crippen molar-refractivity contribution < 1.29 is 9.13 Å². The Morgan fingerprint density at radius 2 is 1.38 bits per heavy atom. The van der Waals surface area contributed by atoms with Gasteiger partial charge < -0.3 is 0 Å². The predicted octanol–water partition coefficient (Wildman–Crippen LogP) is 1.43. The molecule has 0 atom stereocenters. The maximum atomic E-state index is 3.11. The fraction of sp³-hybridized carbons (Fsp3) is 0.250. The molecule has 0 saturated carbocycles. The van der Waals surface area contributed by atoms with Gasteiger partial charge in [-0.1, -0.05) is 38.3 Å². The summed E-state index contributed by atoms with van der Waals surface area (Å²) in [5, 5.41) is 1.50. The molecule has 0 aliphatic carbocycles. The molecule has 5 heteroatoms. The third kappa shape index (κ3) is 4.02. The quantitative estimate of drug-likeness (QED) is 0.489. The van der Waals surface area contributed by atoms with Gasteiger partial charge in [0.2, 0.25) is 12.7 Å². The monoisotopic (exact) mass is 300 g/mol. The van der Waals surface area contributed by atoms with Crippen molar-refractivity contribution in [3.8, 4) is 0 Å². The van der Waals surface area contributed by atoms with Crippen LogP contribution in [0.4, 0.5) is 0 Å². The number of imidazole rings is 2. The molecule has 108 valence electrons. The highest BCUT2D eigenvalue weighted by Gasteiger charge is 2.13. The van der Waals surface area contributed by atoms with Crippen LogP contribution < -0.4 is 14.4 Å². The van der Waals surface area contributed by atoms with Crippen LogP contribution in [0.5, 0.6) is 0 Å². The number of hydrogen-bond acceptors (Lipinski definition) is 0.